The Morgan fingerprint density at radius 1 is 0.949 bits per heavy atom. The van der Waals surface area contributed by atoms with E-state index in [-0.39, 0.29) is 5.91 Å². The van der Waals surface area contributed by atoms with Gasteiger partial charge in [-0.05, 0) is 80.3 Å². The highest BCUT2D eigenvalue weighted by Crippen LogP contribution is 2.47. The Bertz CT molecular complexity index is 1580. The second-order valence-corrected chi connectivity index (χ2v) is 11.7. The lowest BCUT2D eigenvalue weighted by Crippen LogP contribution is -2.50. The Kier molecular flexibility index (Phi) is 6.84. The fraction of sp³-hybridized carbons (Fsp3) is 0.267. The molecule has 1 fully saturated rings. The molecule has 0 atom stereocenters. The molecule has 0 bridgehead atoms. The number of H-pyrrole nitrogens is 1. The standard InChI is InChI=1S/C30H27Cl3N4O2/c1-30(2)26-27(22-11-9-19(16-25(22)39-30)18-7-6-8-20(31)15-18)34-35-28(26)29(38)37(36-13-4-3-5-14-36)24-12-10-21(32)17-23(24)33/h6-12,15-17H,3-5,13-14H2,1-2H3,(H,34,35). The summed E-state index contributed by atoms with van der Waals surface area (Å²) in [6, 6.07) is 18.9. The van der Waals surface area contributed by atoms with Crippen LogP contribution in [0.1, 0.15) is 49.2 Å². The fourth-order valence-electron chi connectivity index (χ4n) is 5.48. The van der Waals surface area contributed by atoms with Gasteiger partial charge in [-0.3, -0.25) is 9.89 Å². The van der Waals surface area contributed by atoms with Crippen molar-refractivity contribution in [3.63, 3.8) is 0 Å². The van der Waals surface area contributed by atoms with Crippen LogP contribution in [0.15, 0.2) is 60.7 Å². The van der Waals surface area contributed by atoms with Gasteiger partial charge in [-0.2, -0.15) is 5.10 Å². The van der Waals surface area contributed by atoms with Crippen molar-refractivity contribution in [1.29, 1.82) is 0 Å². The van der Waals surface area contributed by atoms with E-state index >= 15 is 0 Å². The molecule has 39 heavy (non-hydrogen) atoms. The van der Waals surface area contributed by atoms with Crippen LogP contribution in [0.5, 0.6) is 5.75 Å². The maximum Gasteiger partial charge on any atom is 0.291 e. The Morgan fingerprint density at radius 3 is 2.44 bits per heavy atom. The first kappa shape index (κ1) is 26.2. The summed E-state index contributed by atoms with van der Waals surface area (Å²) < 4.78 is 6.54. The number of piperidine rings is 1. The van der Waals surface area contributed by atoms with Gasteiger partial charge < -0.3 is 4.74 Å². The van der Waals surface area contributed by atoms with Crippen LogP contribution in [0.4, 0.5) is 5.69 Å². The van der Waals surface area contributed by atoms with Gasteiger partial charge in [0.1, 0.15) is 22.7 Å². The number of ether oxygens (including phenoxy) is 1. The van der Waals surface area contributed by atoms with Gasteiger partial charge >= 0.3 is 0 Å². The molecule has 1 aromatic heterocycles. The quantitative estimate of drug-likeness (QED) is 0.263. The molecule has 1 amide bonds. The molecule has 3 aromatic carbocycles. The summed E-state index contributed by atoms with van der Waals surface area (Å²) in [5.74, 6) is 0.453. The van der Waals surface area contributed by atoms with Crippen LogP contribution in [0.3, 0.4) is 0 Å². The number of fused-ring (bicyclic) bond motifs is 3. The van der Waals surface area contributed by atoms with Crippen molar-refractivity contribution in [3.05, 3.63) is 87.0 Å². The average Bonchev–Trinajstić information content (AvgIpc) is 3.37. The Hall–Kier alpha value is -3.03. The SMILES string of the molecule is CC1(C)Oc2cc(-c3cccc(Cl)c3)ccc2-c2n[nH]c(C(=O)N(c3ccc(Cl)cc3Cl)N3CCCCC3)c21. The molecule has 9 heteroatoms. The van der Waals surface area contributed by atoms with Gasteiger partial charge in [0.2, 0.25) is 0 Å². The number of amides is 1. The molecule has 200 valence electrons. The molecule has 0 aliphatic carbocycles. The molecular weight excluding hydrogens is 555 g/mol. The average molecular weight is 582 g/mol. The first-order valence-electron chi connectivity index (χ1n) is 13.0. The van der Waals surface area contributed by atoms with Crippen molar-refractivity contribution >= 4 is 46.4 Å². The maximum absolute atomic E-state index is 14.3. The van der Waals surface area contributed by atoms with Gasteiger partial charge in [0.15, 0.2) is 0 Å². The molecule has 0 radical (unpaired) electrons. The largest absolute Gasteiger partial charge is 0.482 e. The second kappa shape index (κ2) is 10.2. The number of hydrazine groups is 1. The number of aromatic amines is 1. The summed E-state index contributed by atoms with van der Waals surface area (Å²) >= 11 is 19.0. The van der Waals surface area contributed by atoms with E-state index in [2.05, 4.69) is 15.2 Å². The topological polar surface area (TPSA) is 61.5 Å². The zero-order valence-corrected chi connectivity index (χ0v) is 23.9. The maximum atomic E-state index is 14.3. The highest BCUT2D eigenvalue weighted by Gasteiger charge is 2.41. The third kappa shape index (κ3) is 4.80. The first-order valence-corrected chi connectivity index (χ1v) is 14.1. The summed E-state index contributed by atoms with van der Waals surface area (Å²) in [6.45, 7) is 5.40. The van der Waals surface area contributed by atoms with Crippen molar-refractivity contribution in [2.45, 2.75) is 38.7 Å². The number of benzene rings is 3. The van der Waals surface area contributed by atoms with Gasteiger partial charge in [-0.15, -0.1) is 0 Å². The van der Waals surface area contributed by atoms with Crippen LogP contribution >= 0.6 is 34.8 Å². The van der Waals surface area contributed by atoms with Crippen molar-refractivity contribution in [1.82, 2.24) is 15.2 Å². The van der Waals surface area contributed by atoms with Crippen LogP contribution in [0, 0.1) is 0 Å². The van der Waals surface area contributed by atoms with Crippen molar-refractivity contribution in [3.8, 4) is 28.1 Å². The Labute approximate surface area is 242 Å². The fourth-order valence-corrected chi connectivity index (χ4v) is 6.16. The molecule has 0 spiro atoms. The van der Waals surface area contributed by atoms with Crippen molar-refractivity contribution < 1.29 is 9.53 Å². The molecule has 1 saturated heterocycles. The number of carbonyl (C=O) groups is 1. The van der Waals surface area contributed by atoms with E-state index in [1.807, 2.05) is 56.3 Å². The number of nitrogens with zero attached hydrogens (tertiary/aromatic N) is 3. The zero-order valence-electron chi connectivity index (χ0n) is 21.6. The number of hydrogen-bond acceptors (Lipinski definition) is 4. The van der Waals surface area contributed by atoms with Gasteiger partial charge in [0.25, 0.3) is 5.91 Å². The van der Waals surface area contributed by atoms with E-state index in [0.717, 1.165) is 49.0 Å². The molecule has 4 aromatic rings. The van der Waals surface area contributed by atoms with Crippen molar-refractivity contribution in [2.24, 2.45) is 0 Å². The highest BCUT2D eigenvalue weighted by atomic mass is 35.5. The van der Waals surface area contributed by atoms with Gasteiger partial charge in [-0.1, -0.05) is 59.4 Å². The predicted molar refractivity (Wildman–Crippen MR) is 157 cm³/mol. The summed E-state index contributed by atoms with van der Waals surface area (Å²) in [5, 5.41) is 13.0. The minimum absolute atomic E-state index is 0.245. The number of halogens is 3. The number of hydrogen-bond donors (Lipinski definition) is 1. The molecule has 0 unspecified atom stereocenters. The van der Waals surface area contributed by atoms with E-state index < -0.39 is 5.60 Å². The first-order chi connectivity index (χ1) is 18.7. The number of anilines is 1. The molecule has 2 aliphatic heterocycles. The minimum Gasteiger partial charge on any atom is -0.482 e. The van der Waals surface area contributed by atoms with Crippen LogP contribution in [0.2, 0.25) is 15.1 Å². The van der Waals surface area contributed by atoms with E-state index in [1.54, 1.807) is 23.2 Å². The summed E-state index contributed by atoms with van der Waals surface area (Å²) in [7, 11) is 0. The number of rotatable bonds is 4. The van der Waals surface area contributed by atoms with Gasteiger partial charge in [-0.25, -0.2) is 10.0 Å². The number of nitrogens with one attached hydrogen (secondary N) is 1. The lowest BCUT2D eigenvalue weighted by molar-refractivity contribution is 0.0833. The minimum atomic E-state index is -0.829. The zero-order chi connectivity index (χ0) is 27.3. The molecule has 1 N–H and O–H groups in total. The lowest BCUT2D eigenvalue weighted by Gasteiger charge is -2.38. The van der Waals surface area contributed by atoms with Crippen LogP contribution < -0.4 is 9.75 Å². The third-order valence-electron chi connectivity index (χ3n) is 7.29. The van der Waals surface area contributed by atoms with Gasteiger partial charge in [0, 0.05) is 28.7 Å². The van der Waals surface area contributed by atoms with E-state index in [1.165, 1.54) is 0 Å². The molecule has 0 saturated carbocycles. The van der Waals surface area contributed by atoms with Crippen LogP contribution in [0.25, 0.3) is 22.4 Å². The van der Waals surface area contributed by atoms with E-state index in [9.17, 15) is 4.79 Å². The molecule has 6 rings (SSSR count). The predicted octanol–water partition coefficient (Wildman–Crippen LogP) is 8.38. The Balaban J connectivity index is 1.44. The van der Waals surface area contributed by atoms with E-state index in [4.69, 9.17) is 39.5 Å². The number of aromatic nitrogens is 2. The van der Waals surface area contributed by atoms with Crippen molar-refractivity contribution in [2.75, 3.05) is 18.1 Å². The smallest absolute Gasteiger partial charge is 0.291 e. The molecule has 3 heterocycles. The van der Waals surface area contributed by atoms with E-state index in [0.29, 0.717) is 43.5 Å². The Morgan fingerprint density at radius 2 is 1.69 bits per heavy atom. The number of carbonyl (C=O) groups excluding carboxylic acids is 1. The molecular formula is C30H27Cl3N4O2. The molecule has 2 aliphatic rings. The summed E-state index contributed by atoms with van der Waals surface area (Å²) in [4.78, 5) is 14.3. The lowest BCUT2D eigenvalue weighted by atomic mass is 9.88. The highest BCUT2D eigenvalue weighted by molar-refractivity contribution is 6.37. The van der Waals surface area contributed by atoms with Crippen LogP contribution in [-0.2, 0) is 5.60 Å². The monoisotopic (exact) mass is 580 g/mol. The summed E-state index contributed by atoms with van der Waals surface area (Å²) in [6.07, 6.45) is 3.11. The normalized spacial score (nSPS) is 16.2. The molecule has 6 nitrogen and oxygen atoms in total. The second-order valence-electron chi connectivity index (χ2n) is 10.4. The van der Waals surface area contributed by atoms with Gasteiger partial charge in [0.05, 0.1) is 16.3 Å². The summed E-state index contributed by atoms with van der Waals surface area (Å²) in [5.41, 5.74) is 4.33. The van der Waals surface area contributed by atoms with Crippen LogP contribution in [-0.4, -0.2) is 34.2 Å². The third-order valence-corrected chi connectivity index (χ3v) is 8.06.